The van der Waals surface area contributed by atoms with E-state index in [1.54, 1.807) is 12.5 Å². The van der Waals surface area contributed by atoms with Crippen LogP contribution in [0.4, 0.5) is 5.69 Å². The van der Waals surface area contributed by atoms with Gasteiger partial charge >= 0.3 is 0 Å². The summed E-state index contributed by atoms with van der Waals surface area (Å²) >= 11 is 0. The molecule has 7 heteroatoms. The fourth-order valence-corrected chi connectivity index (χ4v) is 2.19. The molecule has 24 heavy (non-hydrogen) atoms. The summed E-state index contributed by atoms with van der Waals surface area (Å²) < 4.78 is 1.90. The lowest BCUT2D eigenvalue weighted by molar-refractivity contribution is -0.384. The van der Waals surface area contributed by atoms with E-state index in [2.05, 4.69) is 9.98 Å². The topological polar surface area (TPSA) is 93.5 Å². The van der Waals surface area contributed by atoms with Gasteiger partial charge in [0.1, 0.15) is 5.75 Å². The minimum absolute atomic E-state index is 0.0418. The van der Waals surface area contributed by atoms with Crippen LogP contribution in [0.25, 0.3) is 5.69 Å². The number of nitro groups is 1. The quantitative estimate of drug-likeness (QED) is 0.443. The zero-order valence-corrected chi connectivity index (χ0v) is 12.6. The number of nitrogens with zero attached hydrogens (tertiary/aromatic N) is 4. The lowest BCUT2D eigenvalue weighted by Gasteiger charge is -2.03. The molecule has 0 unspecified atom stereocenters. The highest BCUT2D eigenvalue weighted by atomic mass is 16.6. The molecule has 1 heterocycles. The summed E-state index contributed by atoms with van der Waals surface area (Å²) in [7, 11) is 0. The zero-order valence-electron chi connectivity index (χ0n) is 12.6. The van der Waals surface area contributed by atoms with Gasteiger partial charge in [0.25, 0.3) is 5.69 Å². The molecule has 120 valence electrons. The monoisotopic (exact) mass is 322 g/mol. The smallest absolute Gasteiger partial charge is 0.270 e. The number of aliphatic imine (C=N–C) groups is 1. The van der Waals surface area contributed by atoms with Gasteiger partial charge in [0.2, 0.25) is 0 Å². The van der Waals surface area contributed by atoms with E-state index in [4.69, 9.17) is 0 Å². The minimum Gasteiger partial charge on any atom is -0.507 e. The maximum absolute atomic E-state index is 10.8. The summed E-state index contributed by atoms with van der Waals surface area (Å²) in [4.78, 5) is 18.5. The Morgan fingerprint density at radius 1 is 1.25 bits per heavy atom. The number of nitro benzene ring substituents is 1. The first-order valence-corrected chi connectivity index (χ1v) is 7.18. The van der Waals surface area contributed by atoms with Crippen LogP contribution in [0, 0.1) is 10.1 Å². The molecular formula is C17H14N4O3. The Morgan fingerprint density at radius 2 is 2.04 bits per heavy atom. The SMILES string of the molecule is O=[N+]([O-])c1ccc(O)c(C=NCc2ccc(-n3ccnc3)cc2)c1. The number of hydrogen-bond acceptors (Lipinski definition) is 5. The van der Waals surface area contributed by atoms with Crippen LogP contribution in [0.15, 0.2) is 66.2 Å². The van der Waals surface area contributed by atoms with Crippen molar-refractivity contribution in [3.8, 4) is 11.4 Å². The van der Waals surface area contributed by atoms with Crippen molar-refractivity contribution in [1.29, 1.82) is 0 Å². The number of imidazole rings is 1. The molecule has 0 saturated carbocycles. The number of aromatic hydroxyl groups is 1. The highest BCUT2D eigenvalue weighted by Crippen LogP contribution is 2.21. The predicted molar refractivity (Wildman–Crippen MR) is 89.6 cm³/mol. The largest absolute Gasteiger partial charge is 0.507 e. The molecule has 3 rings (SSSR count). The standard InChI is InChI=1S/C17H14N4O3/c22-17-6-5-16(21(23)24)9-14(17)11-19-10-13-1-3-15(4-2-13)20-8-7-18-12-20/h1-9,11-12,22H,10H2. The molecule has 0 aliphatic rings. The maximum atomic E-state index is 10.8. The summed E-state index contributed by atoms with van der Waals surface area (Å²) in [5.41, 5.74) is 2.22. The van der Waals surface area contributed by atoms with Crippen LogP contribution in [0.1, 0.15) is 11.1 Å². The summed E-state index contributed by atoms with van der Waals surface area (Å²) in [5.74, 6) is -0.0418. The van der Waals surface area contributed by atoms with Gasteiger partial charge in [-0.05, 0) is 23.8 Å². The molecule has 0 bridgehead atoms. The van der Waals surface area contributed by atoms with Crippen molar-refractivity contribution in [3.05, 3.63) is 82.4 Å². The summed E-state index contributed by atoms with van der Waals surface area (Å²) in [6, 6.07) is 11.6. The number of phenolic OH excluding ortho intramolecular Hbond substituents is 1. The molecular weight excluding hydrogens is 308 g/mol. The van der Waals surface area contributed by atoms with Gasteiger partial charge in [-0.15, -0.1) is 0 Å². The highest BCUT2D eigenvalue weighted by Gasteiger charge is 2.08. The normalized spacial score (nSPS) is 11.0. The second-order valence-electron chi connectivity index (χ2n) is 5.11. The molecule has 2 aromatic carbocycles. The number of benzene rings is 2. The molecule has 0 radical (unpaired) electrons. The summed E-state index contributed by atoms with van der Waals surface area (Å²) in [5, 5.41) is 20.5. The Hall–Kier alpha value is -3.48. The van der Waals surface area contributed by atoms with Crippen molar-refractivity contribution in [2.45, 2.75) is 6.54 Å². The van der Waals surface area contributed by atoms with Crippen molar-refractivity contribution in [2.75, 3.05) is 0 Å². The first-order valence-electron chi connectivity index (χ1n) is 7.18. The highest BCUT2D eigenvalue weighted by molar-refractivity contribution is 5.84. The molecule has 0 fully saturated rings. The van der Waals surface area contributed by atoms with Gasteiger partial charge in [0.05, 0.1) is 17.8 Å². The van der Waals surface area contributed by atoms with E-state index in [0.29, 0.717) is 12.1 Å². The number of phenols is 1. The van der Waals surface area contributed by atoms with Crippen molar-refractivity contribution >= 4 is 11.9 Å². The number of rotatable bonds is 5. The first kappa shape index (κ1) is 15.4. The molecule has 1 N–H and O–H groups in total. The van der Waals surface area contributed by atoms with E-state index in [-0.39, 0.29) is 11.4 Å². The van der Waals surface area contributed by atoms with E-state index < -0.39 is 4.92 Å². The third-order valence-electron chi connectivity index (χ3n) is 3.47. The van der Waals surface area contributed by atoms with Gasteiger partial charge in [-0.25, -0.2) is 4.98 Å². The predicted octanol–water partition coefficient (Wildman–Crippen LogP) is 3.11. The second kappa shape index (κ2) is 6.74. The number of non-ortho nitro benzene ring substituents is 1. The van der Waals surface area contributed by atoms with E-state index in [0.717, 1.165) is 11.3 Å². The Balaban J connectivity index is 1.70. The summed E-state index contributed by atoms with van der Waals surface area (Å²) in [6.07, 6.45) is 6.73. The van der Waals surface area contributed by atoms with Crippen molar-refractivity contribution in [3.63, 3.8) is 0 Å². The van der Waals surface area contributed by atoms with Crippen LogP contribution >= 0.6 is 0 Å². The van der Waals surface area contributed by atoms with Crippen LogP contribution < -0.4 is 0 Å². The van der Waals surface area contributed by atoms with Crippen molar-refractivity contribution < 1.29 is 10.0 Å². The molecule has 3 aromatic rings. The zero-order chi connectivity index (χ0) is 16.9. The Bertz CT molecular complexity index is 871. The minimum atomic E-state index is -0.508. The van der Waals surface area contributed by atoms with Gasteiger partial charge < -0.3 is 9.67 Å². The fourth-order valence-electron chi connectivity index (χ4n) is 2.19. The van der Waals surface area contributed by atoms with Crippen molar-refractivity contribution in [1.82, 2.24) is 9.55 Å². The van der Waals surface area contributed by atoms with Crippen LogP contribution in [-0.4, -0.2) is 25.8 Å². The number of aromatic nitrogens is 2. The fraction of sp³-hybridized carbons (Fsp3) is 0.0588. The van der Waals surface area contributed by atoms with Crippen molar-refractivity contribution in [2.24, 2.45) is 4.99 Å². The molecule has 7 nitrogen and oxygen atoms in total. The van der Waals surface area contributed by atoms with E-state index in [1.807, 2.05) is 35.0 Å². The molecule has 0 aliphatic heterocycles. The third-order valence-corrected chi connectivity index (χ3v) is 3.47. The number of hydrogen-bond donors (Lipinski definition) is 1. The van der Waals surface area contributed by atoms with Gasteiger partial charge in [-0.3, -0.25) is 15.1 Å². The molecule has 0 atom stereocenters. The van der Waals surface area contributed by atoms with E-state index in [1.165, 1.54) is 24.4 Å². The lowest BCUT2D eigenvalue weighted by atomic mass is 10.2. The molecule has 0 spiro atoms. The average molecular weight is 322 g/mol. The molecule has 1 aromatic heterocycles. The van der Waals surface area contributed by atoms with Gasteiger partial charge in [-0.2, -0.15) is 0 Å². The Labute approximate surface area is 137 Å². The second-order valence-corrected chi connectivity index (χ2v) is 5.11. The van der Waals surface area contributed by atoms with Gasteiger partial charge in [0.15, 0.2) is 0 Å². The van der Waals surface area contributed by atoms with Crippen LogP contribution in [0.3, 0.4) is 0 Å². The molecule has 0 amide bonds. The average Bonchev–Trinajstić information content (AvgIpc) is 3.11. The van der Waals surface area contributed by atoms with Gasteiger partial charge in [-0.1, -0.05) is 12.1 Å². The van der Waals surface area contributed by atoms with Gasteiger partial charge in [0, 0.05) is 42.0 Å². The van der Waals surface area contributed by atoms with E-state index in [9.17, 15) is 15.2 Å². The summed E-state index contributed by atoms with van der Waals surface area (Å²) in [6.45, 7) is 0.409. The van der Waals surface area contributed by atoms with Crippen LogP contribution in [0.5, 0.6) is 5.75 Å². The first-order chi connectivity index (χ1) is 11.6. The Kier molecular flexibility index (Phi) is 4.33. The third kappa shape index (κ3) is 3.46. The molecule has 0 aliphatic carbocycles. The Morgan fingerprint density at radius 3 is 2.71 bits per heavy atom. The van der Waals surface area contributed by atoms with Crippen LogP contribution in [0.2, 0.25) is 0 Å². The molecule has 0 saturated heterocycles. The van der Waals surface area contributed by atoms with E-state index >= 15 is 0 Å². The lowest BCUT2D eigenvalue weighted by Crippen LogP contribution is -1.92. The maximum Gasteiger partial charge on any atom is 0.270 e. The van der Waals surface area contributed by atoms with Crippen LogP contribution in [-0.2, 0) is 6.54 Å².